The minimum Gasteiger partial charge on any atom is -0.480 e. The Labute approximate surface area is 190 Å². The van der Waals surface area contributed by atoms with E-state index in [1.54, 1.807) is 30.3 Å². The standard InChI is InChI=1S/C23H22ClN5O3/c1-32-21-8-6-19(27-28-21)15-3-2-4-16(13-15)23(31)29-11-9-18(10-12-29)26-22(30)17-5-7-20(24)25-14-17/h2-8,13-14,18H,9-12H2,1H3,(H,26,30). The fraction of sp³-hybridized carbons (Fsp3) is 0.261. The minimum atomic E-state index is -0.188. The molecule has 1 aliphatic heterocycles. The number of amides is 2. The van der Waals surface area contributed by atoms with E-state index in [1.807, 2.05) is 23.1 Å². The number of piperidine rings is 1. The van der Waals surface area contributed by atoms with Crippen molar-refractivity contribution < 1.29 is 14.3 Å². The number of benzene rings is 1. The van der Waals surface area contributed by atoms with Crippen molar-refractivity contribution in [2.24, 2.45) is 0 Å². The van der Waals surface area contributed by atoms with Gasteiger partial charge in [-0.1, -0.05) is 23.7 Å². The lowest BCUT2D eigenvalue weighted by Crippen LogP contribution is -2.46. The maximum atomic E-state index is 13.0. The van der Waals surface area contributed by atoms with E-state index in [1.165, 1.54) is 13.3 Å². The van der Waals surface area contributed by atoms with Gasteiger partial charge < -0.3 is 15.0 Å². The Morgan fingerprint density at radius 3 is 2.53 bits per heavy atom. The third-order valence-electron chi connectivity index (χ3n) is 5.36. The van der Waals surface area contributed by atoms with E-state index >= 15 is 0 Å². The second kappa shape index (κ2) is 9.74. The van der Waals surface area contributed by atoms with Crippen LogP contribution in [0, 0.1) is 0 Å². The molecule has 3 heterocycles. The number of aromatic nitrogens is 3. The van der Waals surface area contributed by atoms with Crippen molar-refractivity contribution in [3.05, 3.63) is 71.0 Å². The zero-order valence-corrected chi connectivity index (χ0v) is 18.2. The molecule has 0 radical (unpaired) electrons. The lowest BCUT2D eigenvalue weighted by atomic mass is 10.0. The number of methoxy groups -OCH3 is 1. The van der Waals surface area contributed by atoms with Crippen LogP contribution >= 0.6 is 11.6 Å². The molecule has 0 saturated carbocycles. The normalized spacial score (nSPS) is 14.1. The summed E-state index contributed by atoms with van der Waals surface area (Å²) >= 11 is 5.77. The third-order valence-corrected chi connectivity index (χ3v) is 5.59. The summed E-state index contributed by atoms with van der Waals surface area (Å²) in [5.74, 6) is 0.204. The van der Waals surface area contributed by atoms with Gasteiger partial charge in [0.05, 0.1) is 18.4 Å². The van der Waals surface area contributed by atoms with Gasteiger partial charge in [0, 0.05) is 42.5 Å². The number of ether oxygens (including phenoxy) is 1. The van der Waals surface area contributed by atoms with Gasteiger partial charge in [-0.3, -0.25) is 9.59 Å². The number of nitrogens with zero attached hydrogens (tertiary/aromatic N) is 4. The zero-order valence-electron chi connectivity index (χ0n) is 17.5. The highest BCUT2D eigenvalue weighted by Crippen LogP contribution is 2.21. The second-order valence-corrected chi connectivity index (χ2v) is 7.84. The molecule has 32 heavy (non-hydrogen) atoms. The van der Waals surface area contributed by atoms with Crippen molar-refractivity contribution in [3.8, 4) is 17.1 Å². The topological polar surface area (TPSA) is 97.3 Å². The number of hydrogen-bond acceptors (Lipinski definition) is 6. The molecule has 0 bridgehead atoms. The van der Waals surface area contributed by atoms with Gasteiger partial charge in [-0.25, -0.2) is 4.98 Å². The van der Waals surface area contributed by atoms with Crippen molar-refractivity contribution in [1.82, 2.24) is 25.4 Å². The van der Waals surface area contributed by atoms with E-state index in [4.69, 9.17) is 16.3 Å². The number of carbonyl (C=O) groups excluding carboxylic acids is 2. The Balaban J connectivity index is 1.36. The number of rotatable bonds is 5. The molecule has 2 amide bonds. The summed E-state index contributed by atoms with van der Waals surface area (Å²) in [4.78, 5) is 31.2. The number of likely N-dealkylation sites (tertiary alicyclic amines) is 1. The fourth-order valence-corrected chi connectivity index (χ4v) is 3.69. The maximum Gasteiger partial charge on any atom is 0.253 e. The summed E-state index contributed by atoms with van der Waals surface area (Å²) in [5.41, 5.74) is 2.53. The number of pyridine rings is 1. The van der Waals surface area contributed by atoms with Crippen LogP contribution in [0.1, 0.15) is 33.6 Å². The van der Waals surface area contributed by atoms with Crippen molar-refractivity contribution in [1.29, 1.82) is 0 Å². The Morgan fingerprint density at radius 1 is 1.06 bits per heavy atom. The van der Waals surface area contributed by atoms with Crippen molar-refractivity contribution in [3.63, 3.8) is 0 Å². The molecule has 1 saturated heterocycles. The van der Waals surface area contributed by atoms with Crippen LogP contribution in [0.2, 0.25) is 5.15 Å². The largest absolute Gasteiger partial charge is 0.480 e. The van der Waals surface area contributed by atoms with Crippen LogP contribution < -0.4 is 10.1 Å². The summed E-state index contributed by atoms with van der Waals surface area (Å²) in [7, 11) is 1.53. The van der Waals surface area contributed by atoms with Crippen LogP contribution in [0.5, 0.6) is 5.88 Å². The average Bonchev–Trinajstić information content (AvgIpc) is 2.84. The number of nitrogens with one attached hydrogen (secondary N) is 1. The molecule has 3 aromatic rings. The molecule has 0 unspecified atom stereocenters. The first kappa shape index (κ1) is 21.7. The van der Waals surface area contributed by atoms with Crippen LogP contribution in [0.3, 0.4) is 0 Å². The summed E-state index contributed by atoms with van der Waals surface area (Å²) < 4.78 is 5.04. The van der Waals surface area contributed by atoms with Crippen molar-refractivity contribution in [2.45, 2.75) is 18.9 Å². The van der Waals surface area contributed by atoms with Crippen LogP contribution in [-0.4, -0.2) is 58.1 Å². The molecular weight excluding hydrogens is 430 g/mol. The third kappa shape index (κ3) is 5.03. The summed E-state index contributed by atoms with van der Waals surface area (Å²) in [6, 6.07) is 14.1. The molecule has 8 nitrogen and oxygen atoms in total. The van der Waals surface area contributed by atoms with E-state index in [2.05, 4.69) is 20.5 Å². The fourth-order valence-electron chi connectivity index (χ4n) is 3.58. The molecule has 1 aliphatic rings. The van der Waals surface area contributed by atoms with Gasteiger partial charge in [0.2, 0.25) is 5.88 Å². The molecule has 1 fully saturated rings. The van der Waals surface area contributed by atoms with Gasteiger partial charge in [-0.15, -0.1) is 10.2 Å². The van der Waals surface area contributed by atoms with Crippen LogP contribution in [0.4, 0.5) is 0 Å². The van der Waals surface area contributed by atoms with Crippen LogP contribution in [0.15, 0.2) is 54.7 Å². The summed E-state index contributed by atoms with van der Waals surface area (Å²) in [6.45, 7) is 1.13. The molecule has 1 aromatic carbocycles. The Hall–Kier alpha value is -3.52. The van der Waals surface area contributed by atoms with Crippen molar-refractivity contribution in [2.75, 3.05) is 20.2 Å². The maximum absolute atomic E-state index is 13.0. The van der Waals surface area contributed by atoms with Gasteiger partial charge in [0.25, 0.3) is 11.8 Å². The van der Waals surface area contributed by atoms with Gasteiger partial charge in [-0.2, -0.15) is 0 Å². The Kier molecular flexibility index (Phi) is 6.61. The molecule has 0 atom stereocenters. The SMILES string of the molecule is COc1ccc(-c2cccc(C(=O)N3CCC(NC(=O)c4ccc(Cl)nc4)CC3)c2)nn1. The lowest BCUT2D eigenvalue weighted by molar-refractivity contribution is 0.0698. The van der Waals surface area contributed by atoms with Crippen LogP contribution in [-0.2, 0) is 0 Å². The molecule has 2 aromatic heterocycles. The number of halogens is 1. The van der Waals surface area contributed by atoms with E-state index in [9.17, 15) is 9.59 Å². The highest BCUT2D eigenvalue weighted by molar-refractivity contribution is 6.29. The summed E-state index contributed by atoms with van der Waals surface area (Å²) in [6.07, 6.45) is 2.82. The monoisotopic (exact) mass is 451 g/mol. The molecular formula is C23H22ClN5O3. The predicted octanol–water partition coefficient (Wildman–Crippen LogP) is 3.24. The van der Waals surface area contributed by atoms with Crippen LogP contribution in [0.25, 0.3) is 11.3 Å². The van der Waals surface area contributed by atoms with Gasteiger partial charge >= 0.3 is 0 Å². The first-order chi connectivity index (χ1) is 15.5. The number of carbonyl (C=O) groups is 2. The van der Waals surface area contributed by atoms with E-state index in [0.29, 0.717) is 53.8 Å². The van der Waals surface area contributed by atoms with Crippen molar-refractivity contribution >= 4 is 23.4 Å². The van der Waals surface area contributed by atoms with Gasteiger partial charge in [0.15, 0.2) is 0 Å². The first-order valence-electron chi connectivity index (χ1n) is 10.2. The summed E-state index contributed by atoms with van der Waals surface area (Å²) in [5, 5.41) is 11.5. The molecule has 0 aliphatic carbocycles. The first-order valence-corrected chi connectivity index (χ1v) is 10.6. The lowest BCUT2D eigenvalue weighted by Gasteiger charge is -2.32. The molecule has 9 heteroatoms. The Bertz CT molecular complexity index is 1100. The molecule has 164 valence electrons. The Morgan fingerprint density at radius 2 is 1.88 bits per heavy atom. The smallest absolute Gasteiger partial charge is 0.253 e. The minimum absolute atomic E-state index is 0.00290. The quantitative estimate of drug-likeness (QED) is 0.598. The predicted molar refractivity (Wildman–Crippen MR) is 120 cm³/mol. The van der Waals surface area contributed by atoms with E-state index in [0.717, 1.165) is 5.56 Å². The highest BCUT2D eigenvalue weighted by Gasteiger charge is 2.25. The zero-order chi connectivity index (χ0) is 22.5. The average molecular weight is 452 g/mol. The van der Waals surface area contributed by atoms with Gasteiger partial charge in [0.1, 0.15) is 5.15 Å². The highest BCUT2D eigenvalue weighted by atomic mass is 35.5. The number of hydrogen-bond donors (Lipinski definition) is 1. The molecule has 0 spiro atoms. The second-order valence-electron chi connectivity index (χ2n) is 7.45. The van der Waals surface area contributed by atoms with E-state index in [-0.39, 0.29) is 17.9 Å². The molecule has 4 rings (SSSR count). The molecule has 1 N–H and O–H groups in total. The van der Waals surface area contributed by atoms with E-state index < -0.39 is 0 Å². The van der Waals surface area contributed by atoms with Gasteiger partial charge in [-0.05, 0) is 43.2 Å².